The number of nitriles is 1. The molecule has 0 aliphatic carbocycles. The van der Waals surface area contributed by atoms with Gasteiger partial charge >= 0.3 is 0 Å². The maximum Gasteiger partial charge on any atom is 0.192 e. The van der Waals surface area contributed by atoms with Gasteiger partial charge in [-0.3, -0.25) is 4.57 Å². The summed E-state index contributed by atoms with van der Waals surface area (Å²) >= 11 is 1.39. The molecule has 0 aliphatic rings. The molecule has 0 spiro atoms. The second kappa shape index (κ2) is 9.24. The number of aromatic nitrogens is 3. The van der Waals surface area contributed by atoms with Gasteiger partial charge in [0.25, 0.3) is 0 Å². The van der Waals surface area contributed by atoms with Crippen molar-refractivity contribution in [2.24, 2.45) is 0 Å². The van der Waals surface area contributed by atoms with Gasteiger partial charge in [0.2, 0.25) is 0 Å². The summed E-state index contributed by atoms with van der Waals surface area (Å²) in [6, 6.07) is 20.5. The first-order valence-electron chi connectivity index (χ1n) is 8.93. The highest BCUT2D eigenvalue weighted by molar-refractivity contribution is 7.99. The molecule has 0 saturated heterocycles. The highest BCUT2D eigenvalue weighted by atomic mass is 32.2. The van der Waals surface area contributed by atoms with E-state index in [-0.39, 0.29) is 6.04 Å². The lowest BCUT2D eigenvalue weighted by Gasteiger charge is -2.18. The molecule has 2 aromatic carbocycles. The Kier molecular flexibility index (Phi) is 6.50. The maximum absolute atomic E-state index is 8.92. The molecule has 27 heavy (non-hydrogen) atoms. The third-order valence-corrected chi connectivity index (χ3v) is 5.18. The van der Waals surface area contributed by atoms with Gasteiger partial charge in [-0.25, -0.2) is 0 Å². The standard InChI is InChI=1S/C21H22N4OS/c1-3-17-9-11-19(12-10-17)26-15-20-23-24-21(27-14-13-22)25(20)16(2)18-7-5-4-6-8-18/h4-12,16H,3,14-15H2,1-2H3/t16-/m1/s1. The Hall–Kier alpha value is -2.78. The average molecular weight is 379 g/mol. The first-order chi connectivity index (χ1) is 13.2. The summed E-state index contributed by atoms with van der Waals surface area (Å²) in [5.74, 6) is 1.88. The van der Waals surface area contributed by atoms with Crippen molar-refractivity contribution in [1.29, 1.82) is 5.26 Å². The lowest BCUT2D eigenvalue weighted by molar-refractivity contribution is 0.285. The molecule has 1 aromatic heterocycles. The maximum atomic E-state index is 8.92. The van der Waals surface area contributed by atoms with Gasteiger partial charge in [-0.05, 0) is 36.6 Å². The van der Waals surface area contributed by atoms with Crippen molar-refractivity contribution in [3.8, 4) is 11.8 Å². The van der Waals surface area contributed by atoms with E-state index in [1.54, 1.807) is 0 Å². The molecule has 138 valence electrons. The Morgan fingerprint density at radius 1 is 1.11 bits per heavy atom. The number of nitrogens with zero attached hydrogens (tertiary/aromatic N) is 4. The van der Waals surface area contributed by atoms with Crippen LogP contribution in [-0.4, -0.2) is 20.5 Å². The van der Waals surface area contributed by atoms with E-state index in [0.29, 0.717) is 12.4 Å². The number of hydrogen-bond donors (Lipinski definition) is 0. The summed E-state index contributed by atoms with van der Waals surface area (Å²) in [6.07, 6.45) is 1.00. The molecule has 6 heteroatoms. The number of aryl methyl sites for hydroxylation is 1. The molecule has 0 aliphatic heterocycles. The SMILES string of the molecule is CCc1ccc(OCc2nnc(SCC#N)n2[C@H](C)c2ccccc2)cc1. The molecule has 0 N–H and O–H groups in total. The topological polar surface area (TPSA) is 63.7 Å². The van der Waals surface area contributed by atoms with Gasteiger partial charge in [-0.1, -0.05) is 61.2 Å². The first-order valence-corrected chi connectivity index (χ1v) is 9.91. The van der Waals surface area contributed by atoms with E-state index in [9.17, 15) is 0 Å². The summed E-state index contributed by atoms with van der Waals surface area (Å²) in [5.41, 5.74) is 2.43. The van der Waals surface area contributed by atoms with Crippen LogP contribution in [0.4, 0.5) is 0 Å². The monoisotopic (exact) mass is 378 g/mol. The predicted molar refractivity (Wildman–Crippen MR) is 107 cm³/mol. The van der Waals surface area contributed by atoms with Gasteiger partial charge in [0, 0.05) is 0 Å². The van der Waals surface area contributed by atoms with E-state index in [1.165, 1.54) is 17.3 Å². The van der Waals surface area contributed by atoms with Crippen LogP contribution in [0.25, 0.3) is 0 Å². The van der Waals surface area contributed by atoms with Crippen LogP contribution >= 0.6 is 11.8 Å². The number of hydrogen-bond acceptors (Lipinski definition) is 5. The van der Waals surface area contributed by atoms with Crippen LogP contribution in [-0.2, 0) is 13.0 Å². The highest BCUT2D eigenvalue weighted by Crippen LogP contribution is 2.27. The van der Waals surface area contributed by atoms with Crippen molar-refractivity contribution < 1.29 is 4.74 Å². The molecule has 0 unspecified atom stereocenters. The van der Waals surface area contributed by atoms with Gasteiger partial charge in [0.1, 0.15) is 12.4 Å². The van der Waals surface area contributed by atoms with Gasteiger partial charge in [-0.2, -0.15) is 5.26 Å². The minimum Gasteiger partial charge on any atom is -0.486 e. The largest absolute Gasteiger partial charge is 0.486 e. The molecular formula is C21H22N4OS. The van der Waals surface area contributed by atoms with Gasteiger partial charge in [0.05, 0.1) is 17.9 Å². The summed E-state index contributed by atoms with van der Waals surface area (Å²) in [6.45, 7) is 4.56. The molecule has 0 fully saturated rings. The molecule has 3 aromatic rings. The number of thioether (sulfide) groups is 1. The number of benzene rings is 2. The fourth-order valence-corrected chi connectivity index (χ4v) is 3.53. The van der Waals surface area contributed by atoms with E-state index >= 15 is 0 Å². The summed E-state index contributed by atoms with van der Waals surface area (Å²) in [5, 5.41) is 18.3. The van der Waals surface area contributed by atoms with Crippen molar-refractivity contribution in [3.05, 3.63) is 71.5 Å². The van der Waals surface area contributed by atoms with E-state index in [4.69, 9.17) is 10.00 Å². The van der Waals surface area contributed by atoms with Crippen LogP contribution in [0.3, 0.4) is 0 Å². The zero-order valence-electron chi connectivity index (χ0n) is 15.5. The van der Waals surface area contributed by atoms with Crippen LogP contribution in [0, 0.1) is 11.3 Å². The fourth-order valence-electron chi connectivity index (χ4n) is 2.84. The van der Waals surface area contributed by atoms with Gasteiger partial charge in [0.15, 0.2) is 11.0 Å². The Bertz CT molecular complexity index is 900. The third-order valence-electron chi connectivity index (χ3n) is 4.37. The van der Waals surface area contributed by atoms with Crippen LogP contribution in [0.5, 0.6) is 5.75 Å². The lowest BCUT2D eigenvalue weighted by Crippen LogP contribution is -2.14. The Morgan fingerprint density at radius 2 is 1.85 bits per heavy atom. The average Bonchev–Trinajstić information content (AvgIpc) is 3.13. The smallest absolute Gasteiger partial charge is 0.192 e. The normalized spacial score (nSPS) is 11.7. The van der Waals surface area contributed by atoms with Crippen molar-refractivity contribution in [2.75, 3.05) is 5.75 Å². The fraction of sp³-hybridized carbons (Fsp3) is 0.286. The number of rotatable bonds is 8. The van der Waals surface area contributed by atoms with E-state index in [2.05, 4.69) is 58.9 Å². The molecule has 0 amide bonds. The lowest BCUT2D eigenvalue weighted by atomic mass is 10.1. The van der Waals surface area contributed by atoms with Crippen LogP contribution in [0.2, 0.25) is 0 Å². The molecule has 3 rings (SSSR count). The van der Waals surface area contributed by atoms with Crippen LogP contribution < -0.4 is 4.74 Å². The second-order valence-electron chi connectivity index (χ2n) is 6.09. The van der Waals surface area contributed by atoms with Gasteiger partial charge in [-0.15, -0.1) is 10.2 Å². The Labute approximate surface area is 164 Å². The molecule has 1 atom stereocenters. The van der Waals surface area contributed by atoms with E-state index < -0.39 is 0 Å². The minimum absolute atomic E-state index is 0.0449. The van der Waals surface area contributed by atoms with Crippen LogP contribution in [0.15, 0.2) is 59.8 Å². The van der Waals surface area contributed by atoms with Gasteiger partial charge < -0.3 is 4.74 Å². The molecule has 0 radical (unpaired) electrons. The zero-order chi connectivity index (χ0) is 19.1. The molecule has 5 nitrogen and oxygen atoms in total. The molecule has 0 bridgehead atoms. The molecule has 0 saturated carbocycles. The summed E-state index contributed by atoms with van der Waals surface area (Å²) in [7, 11) is 0. The van der Waals surface area contributed by atoms with Crippen molar-refractivity contribution in [2.45, 2.75) is 38.1 Å². The quantitative estimate of drug-likeness (QED) is 0.534. The third kappa shape index (κ3) is 4.69. The second-order valence-corrected chi connectivity index (χ2v) is 7.03. The Balaban J connectivity index is 1.83. The highest BCUT2D eigenvalue weighted by Gasteiger charge is 2.19. The minimum atomic E-state index is 0.0449. The summed E-state index contributed by atoms with van der Waals surface area (Å²) < 4.78 is 7.99. The van der Waals surface area contributed by atoms with Crippen molar-refractivity contribution in [3.63, 3.8) is 0 Å². The molecular weight excluding hydrogens is 356 g/mol. The predicted octanol–water partition coefficient (Wildman–Crippen LogP) is 4.64. The first kappa shape index (κ1) is 19.0. The Morgan fingerprint density at radius 3 is 2.52 bits per heavy atom. The number of ether oxygens (including phenoxy) is 1. The van der Waals surface area contributed by atoms with E-state index in [0.717, 1.165) is 28.7 Å². The van der Waals surface area contributed by atoms with E-state index in [1.807, 2.05) is 30.3 Å². The van der Waals surface area contributed by atoms with Crippen LogP contribution in [0.1, 0.15) is 36.8 Å². The zero-order valence-corrected chi connectivity index (χ0v) is 16.3. The summed E-state index contributed by atoms with van der Waals surface area (Å²) in [4.78, 5) is 0. The van der Waals surface area contributed by atoms with Crippen molar-refractivity contribution >= 4 is 11.8 Å². The molecule has 1 heterocycles. The van der Waals surface area contributed by atoms with Crippen molar-refractivity contribution in [1.82, 2.24) is 14.8 Å².